The number of amides is 2. The molecule has 1 aliphatic heterocycles. The van der Waals surface area contributed by atoms with E-state index in [-0.39, 0.29) is 18.2 Å². The molecule has 8 nitrogen and oxygen atoms in total. The Kier molecular flexibility index (Phi) is 9.74. The van der Waals surface area contributed by atoms with Crippen LogP contribution in [-0.2, 0) is 16.0 Å². The van der Waals surface area contributed by atoms with Gasteiger partial charge in [-0.1, -0.05) is 65.8 Å². The van der Waals surface area contributed by atoms with E-state index >= 15 is 0 Å². The smallest absolute Gasteiger partial charge is 0.242 e. The maximum absolute atomic E-state index is 13.4. The first-order chi connectivity index (χ1) is 20.5. The molecule has 1 N–H and O–H groups in total. The van der Waals surface area contributed by atoms with Gasteiger partial charge in [0.15, 0.2) is 5.17 Å². The number of ether oxygens (including phenoxy) is 1. The number of rotatable bonds is 11. The quantitative estimate of drug-likeness (QED) is 0.149. The van der Waals surface area contributed by atoms with Gasteiger partial charge in [0.05, 0.1) is 17.8 Å². The molecule has 4 aromatic rings. The van der Waals surface area contributed by atoms with E-state index in [4.69, 9.17) is 20.8 Å². The Hall–Kier alpha value is -4.34. The largest absolute Gasteiger partial charge is 0.494 e. The lowest BCUT2D eigenvalue weighted by molar-refractivity contribution is -0.128. The Balaban J connectivity index is 1.28. The molecule has 1 aliphatic rings. The molecule has 0 saturated carbocycles. The van der Waals surface area contributed by atoms with Crippen LogP contribution in [0.1, 0.15) is 24.7 Å². The molecule has 0 aliphatic carbocycles. The number of thioether (sulfide) groups is 1. The number of hydrogen-bond acceptors (Lipinski definition) is 7. The fourth-order valence-electron chi connectivity index (χ4n) is 4.35. The molecule has 214 valence electrons. The highest BCUT2D eigenvalue weighted by Crippen LogP contribution is 2.31. The van der Waals surface area contributed by atoms with Crippen molar-refractivity contribution in [2.24, 2.45) is 10.2 Å². The summed E-state index contributed by atoms with van der Waals surface area (Å²) < 4.78 is 11.3. The molecule has 5 rings (SSSR count). The standard InChI is InChI=1S/C32H29ClN4O4S/c1-2-40-24-14-12-23(13-15-24)35-30(38)20-29-31(39)37(19-18-22-8-4-3-5-9-22)32(42-29)36-34-21-25-16-17-28(41-25)26-10-6-7-11-27(26)33/h3-17,21,29H,2,18-20H2,1H3,(H,35,38)/b34-21+,36-32-. The van der Waals surface area contributed by atoms with Crippen molar-refractivity contribution in [2.45, 2.75) is 25.0 Å². The van der Waals surface area contributed by atoms with E-state index in [1.165, 1.54) is 18.0 Å². The monoisotopic (exact) mass is 600 g/mol. The van der Waals surface area contributed by atoms with Crippen molar-refractivity contribution in [1.82, 2.24) is 4.90 Å². The van der Waals surface area contributed by atoms with Crippen molar-refractivity contribution in [3.8, 4) is 17.1 Å². The Morgan fingerprint density at radius 2 is 1.81 bits per heavy atom. The minimum Gasteiger partial charge on any atom is -0.494 e. The maximum atomic E-state index is 13.4. The zero-order chi connectivity index (χ0) is 29.3. The summed E-state index contributed by atoms with van der Waals surface area (Å²) in [6.45, 7) is 2.89. The van der Waals surface area contributed by atoms with Crippen LogP contribution in [0.5, 0.6) is 5.75 Å². The number of hydrogen-bond donors (Lipinski definition) is 1. The Morgan fingerprint density at radius 3 is 2.57 bits per heavy atom. The first kappa shape index (κ1) is 29.2. The van der Waals surface area contributed by atoms with E-state index in [1.54, 1.807) is 41.3 Å². The van der Waals surface area contributed by atoms with Gasteiger partial charge in [-0.3, -0.25) is 14.5 Å². The predicted molar refractivity (Wildman–Crippen MR) is 168 cm³/mol. The average molecular weight is 601 g/mol. The summed E-state index contributed by atoms with van der Waals surface area (Å²) in [6.07, 6.45) is 2.13. The fraction of sp³-hybridized carbons (Fsp3) is 0.188. The molecule has 2 amide bonds. The van der Waals surface area contributed by atoms with Crippen LogP contribution in [0.3, 0.4) is 0 Å². The molecule has 10 heteroatoms. The molecule has 1 unspecified atom stereocenters. The zero-order valence-electron chi connectivity index (χ0n) is 22.9. The number of nitrogens with zero attached hydrogens (tertiary/aromatic N) is 3. The highest BCUT2D eigenvalue weighted by molar-refractivity contribution is 8.15. The normalized spacial score (nSPS) is 16.0. The Bertz CT molecular complexity index is 1590. The molecule has 42 heavy (non-hydrogen) atoms. The minimum absolute atomic E-state index is 0.000656. The lowest BCUT2D eigenvalue weighted by atomic mass is 10.1. The van der Waals surface area contributed by atoms with Gasteiger partial charge < -0.3 is 14.5 Å². The van der Waals surface area contributed by atoms with Crippen LogP contribution >= 0.6 is 23.4 Å². The summed E-state index contributed by atoms with van der Waals surface area (Å²) in [6, 6.07) is 28.0. The van der Waals surface area contributed by atoms with Crippen LogP contribution in [0.2, 0.25) is 5.02 Å². The van der Waals surface area contributed by atoms with Gasteiger partial charge in [0.1, 0.15) is 22.5 Å². The number of nitrogens with one attached hydrogen (secondary N) is 1. The summed E-state index contributed by atoms with van der Waals surface area (Å²) in [5.74, 6) is 1.39. The summed E-state index contributed by atoms with van der Waals surface area (Å²) in [5, 5.41) is 11.8. The van der Waals surface area contributed by atoms with Crippen LogP contribution in [0.25, 0.3) is 11.3 Å². The lowest BCUT2D eigenvalue weighted by Gasteiger charge is -2.15. The van der Waals surface area contributed by atoms with Gasteiger partial charge in [-0.05, 0) is 67.4 Å². The molecule has 0 spiro atoms. The molecule has 1 atom stereocenters. The lowest BCUT2D eigenvalue weighted by Crippen LogP contribution is -2.35. The van der Waals surface area contributed by atoms with Crippen molar-refractivity contribution >= 4 is 52.2 Å². The summed E-state index contributed by atoms with van der Waals surface area (Å²) >= 11 is 7.52. The molecular formula is C32H29ClN4O4S. The van der Waals surface area contributed by atoms with Crippen molar-refractivity contribution in [2.75, 3.05) is 18.5 Å². The highest BCUT2D eigenvalue weighted by atomic mass is 35.5. The molecule has 0 radical (unpaired) electrons. The SMILES string of the molecule is CCOc1ccc(NC(=O)CC2S/C(=N\N=C\c3ccc(-c4ccccc4Cl)o3)N(CCc3ccccc3)C2=O)cc1. The second-order valence-electron chi connectivity index (χ2n) is 9.35. The van der Waals surface area contributed by atoms with Crippen LogP contribution in [0.15, 0.2) is 106 Å². The van der Waals surface area contributed by atoms with Gasteiger partial charge in [-0.25, -0.2) is 0 Å². The topological polar surface area (TPSA) is 96.5 Å². The Morgan fingerprint density at radius 1 is 1.05 bits per heavy atom. The second-order valence-corrected chi connectivity index (χ2v) is 10.9. The third-order valence-corrected chi connectivity index (χ3v) is 7.90. The van der Waals surface area contributed by atoms with Crippen LogP contribution in [0.4, 0.5) is 5.69 Å². The third kappa shape index (κ3) is 7.48. The predicted octanol–water partition coefficient (Wildman–Crippen LogP) is 6.90. The van der Waals surface area contributed by atoms with E-state index in [9.17, 15) is 9.59 Å². The first-order valence-corrected chi connectivity index (χ1v) is 14.8. The summed E-state index contributed by atoms with van der Waals surface area (Å²) in [4.78, 5) is 27.9. The molecular weight excluding hydrogens is 572 g/mol. The number of halogens is 1. The van der Waals surface area contributed by atoms with Gasteiger partial charge >= 0.3 is 0 Å². The number of carbonyl (C=O) groups excluding carboxylic acids is 2. The number of anilines is 1. The van der Waals surface area contributed by atoms with E-state index in [1.807, 2.05) is 61.5 Å². The van der Waals surface area contributed by atoms with Gasteiger partial charge in [-0.15, -0.1) is 5.10 Å². The van der Waals surface area contributed by atoms with E-state index in [2.05, 4.69) is 15.5 Å². The Labute approximate surface area is 253 Å². The average Bonchev–Trinajstić information content (AvgIpc) is 3.58. The van der Waals surface area contributed by atoms with Crippen molar-refractivity contribution in [1.29, 1.82) is 0 Å². The molecule has 3 aromatic carbocycles. The number of carbonyl (C=O) groups is 2. The molecule has 1 saturated heterocycles. The summed E-state index contributed by atoms with van der Waals surface area (Å²) in [5.41, 5.74) is 2.51. The maximum Gasteiger partial charge on any atom is 0.242 e. The number of amidine groups is 1. The van der Waals surface area contributed by atoms with Gasteiger partial charge in [0.2, 0.25) is 11.8 Å². The van der Waals surface area contributed by atoms with Gasteiger partial charge in [0, 0.05) is 24.2 Å². The van der Waals surface area contributed by atoms with Crippen molar-refractivity contribution in [3.05, 3.63) is 107 Å². The first-order valence-electron chi connectivity index (χ1n) is 13.5. The molecule has 0 bridgehead atoms. The van der Waals surface area contributed by atoms with Crippen LogP contribution < -0.4 is 10.1 Å². The highest BCUT2D eigenvalue weighted by Gasteiger charge is 2.39. The van der Waals surface area contributed by atoms with E-state index < -0.39 is 5.25 Å². The van der Waals surface area contributed by atoms with Crippen LogP contribution in [-0.4, -0.2) is 46.5 Å². The molecule has 2 heterocycles. The molecule has 1 aromatic heterocycles. The second kappa shape index (κ2) is 14.0. The minimum atomic E-state index is -0.618. The molecule has 1 fully saturated rings. The third-order valence-electron chi connectivity index (χ3n) is 6.40. The zero-order valence-corrected chi connectivity index (χ0v) is 24.5. The van der Waals surface area contributed by atoms with E-state index in [0.717, 1.165) is 16.9 Å². The fourth-order valence-corrected chi connectivity index (χ4v) is 5.70. The van der Waals surface area contributed by atoms with Crippen LogP contribution in [0, 0.1) is 0 Å². The van der Waals surface area contributed by atoms with Gasteiger partial charge in [-0.2, -0.15) is 5.10 Å². The van der Waals surface area contributed by atoms with E-state index in [0.29, 0.717) is 47.0 Å². The number of furan rings is 1. The van der Waals surface area contributed by atoms with Crippen molar-refractivity contribution < 1.29 is 18.7 Å². The van der Waals surface area contributed by atoms with Gasteiger partial charge in [0.25, 0.3) is 0 Å². The number of benzene rings is 3. The summed E-state index contributed by atoms with van der Waals surface area (Å²) in [7, 11) is 0. The van der Waals surface area contributed by atoms with Crippen molar-refractivity contribution in [3.63, 3.8) is 0 Å².